The summed E-state index contributed by atoms with van der Waals surface area (Å²) < 4.78 is 0. The van der Waals surface area contributed by atoms with Gasteiger partial charge < -0.3 is 10.2 Å². The molecule has 0 amide bonds. The first-order valence-corrected chi connectivity index (χ1v) is 5.79. The van der Waals surface area contributed by atoms with Crippen molar-refractivity contribution in [3.8, 4) is 0 Å². The van der Waals surface area contributed by atoms with E-state index in [1.165, 1.54) is 5.56 Å². The van der Waals surface area contributed by atoms with Gasteiger partial charge >= 0.3 is 0 Å². The highest BCUT2D eigenvalue weighted by Gasteiger charge is 2.11. The fraction of sp³-hybridized carbons (Fsp3) is 0.417. The first-order chi connectivity index (χ1) is 7.66. The topological polar surface area (TPSA) is 27.6 Å². The van der Waals surface area contributed by atoms with Crippen molar-refractivity contribution in [3.63, 3.8) is 0 Å². The number of rotatable bonds is 2. The quantitative estimate of drug-likeness (QED) is 0.853. The number of aryl methyl sites for hydroxylation is 1. The van der Waals surface area contributed by atoms with Crippen LogP contribution >= 0.6 is 11.6 Å². The van der Waals surface area contributed by atoms with Crippen molar-refractivity contribution < 1.29 is 0 Å². The van der Waals surface area contributed by atoms with Crippen molar-refractivity contribution in [2.24, 2.45) is 4.99 Å². The SMILES string of the molecule is Cc1cc(CNC2=NCCN2C)ccc1Cl. The van der Waals surface area contributed by atoms with Gasteiger partial charge in [-0.25, -0.2) is 0 Å². The lowest BCUT2D eigenvalue weighted by Crippen LogP contribution is -2.35. The van der Waals surface area contributed by atoms with E-state index in [4.69, 9.17) is 11.6 Å². The number of likely N-dealkylation sites (N-methyl/N-ethyl adjacent to an activating group) is 1. The molecule has 1 N–H and O–H groups in total. The number of benzene rings is 1. The Morgan fingerprint density at radius 2 is 2.31 bits per heavy atom. The van der Waals surface area contributed by atoms with Crippen LogP contribution in [0, 0.1) is 6.92 Å². The number of aliphatic imine (C=N–C) groups is 1. The van der Waals surface area contributed by atoms with Gasteiger partial charge in [-0.3, -0.25) is 4.99 Å². The minimum absolute atomic E-state index is 0.793. The molecule has 0 radical (unpaired) electrons. The second-order valence-electron chi connectivity index (χ2n) is 4.06. The first kappa shape index (κ1) is 11.3. The highest BCUT2D eigenvalue weighted by atomic mass is 35.5. The third-order valence-corrected chi connectivity index (χ3v) is 3.16. The van der Waals surface area contributed by atoms with E-state index < -0.39 is 0 Å². The molecule has 0 spiro atoms. The summed E-state index contributed by atoms with van der Waals surface area (Å²) in [4.78, 5) is 6.50. The fourth-order valence-electron chi connectivity index (χ4n) is 1.72. The zero-order valence-electron chi connectivity index (χ0n) is 9.63. The van der Waals surface area contributed by atoms with E-state index in [-0.39, 0.29) is 0 Å². The van der Waals surface area contributed by atoms with E-state index >= 15 is 0 Å². The Balaban J connectivity index is 1.97. The highest BCUT2D eigenvalue weighted by Crippen LogP contribution is 2.16. The fourth-order valence-corrected chi connectivity index (χ4v) is 1.84. The van der Waals surface area contributed by atoms with Gasteiger partial charge in [-0.05, 0) is 24.1 Å². The van der Waals surface area contributed by atoms with Gasteiger partial charge in [0, 0.05) is 25.2 Å². The van der Waals surface area contributed by atoms with Crippen LogP contribution in [0.3, 0.4) is 0 Å². The van der Waals surface area contributed by atoms with Crippen molar-refractivity contribution in [2.75, 3.05) is 20.1 Å². The molecular formula is C12H16ClN3. The molecule has 0 fully saturated rings. The van der Waals surface area contributed by atoms with Gasteiger partial charge in [-0.1, -0.05) is 23.7 Å². The van der Waals surface area contributed by atoms with Crippen LogP contribution in [0.25, 0.3) is 0 Å². The van der Waals surface area contributed by atoms with Crippen molar-refractivity contribution in [1.29, 1.82) is 0 Å². The lowest BCUT2D eigenvalue weighted by Gasteiger charge is -2.15. The van der Waals surface area contributed by atoms with Crippen molar-refractivity contribution in [2.45, 2.75) is 13.5 Å². The average Bonchev–Trinajstić information content (AvgIpc) is 2.66. The Labute approximate surface area is 101 Å². The molecule has 1 aliphatic rings. The molecule has 0 saturated heterocycles. The minimum atomic E-state index is 0.793. The minimum Gasteiger partial charge on any atom is -0.352 e. The summed E-state index contributed by atoms with van der Waals surface area (Å²) in [6.07, 6.45) is 0. The third kappa shape index (κ3) is 2.47. The molecule has 4 heteroatoms. The normalized spacial score (nSPS) is 15.2. The molecule has 0 saturated carbocycles. The molecule has 0 aliphatic carbocycles. The first-order valence-electron chi connectivity index (χ1n) is 5.41. The molecule has 1 heterocycles. The van der Waals surface area contributed by atoms with Crippen LogP contribution in [-0.4, -0.2) is 31.0 Å². The zero-order chi connectivity index (χ0) is 11.5. The molecule has 0 aromatic heterocycles. The van der Waals surface area contributed by atoms with E-state index in [1.54, 1.807) is 0 Å². The summed E-state index contributed by atoms with van der Waals surface area (Å²) in [7, 11) is 2.05. The van der Waals surface area contributed by atoms with Gasteiger partial charge in [-0.15, -0.1) is 0 Å². The standard InChI is InChI=1S/C12H16ClN3/c1-9-7-10(3-4-11(9)13)8-15-12-14-5-6-16(12)2/h3-4,7H,5-6,8H2,1-2H3,(H,14,15). The summed E-state index contributed by atoms with van der Waals surface area (Å²) in [6.45, 7) is 4.70. The summed E-state index contributed by atoms with van der Waals surface area (Å²) in [6, 6.07) is 6.08. The van der Waals surface area contributed by atoms with Crippen LogP contribution in [0.1, 0.15) is 11.1 Å². The van der Waals surface area contributed by atoms with Gasteiger partial charge in [-0.2, -0.15) is 0 Å². The average molecular weight is 238 g/mol. The van der Waals surface area contributed by atoms with Crippen molar-refractivity contribution >= 4 is 17.6 Å². The molecule has 0 bridgehead atoms. The van der Waals surface area contributed by atoms with E-state index in [1.807, 2.05) is 26.1 Å². The molecule has 1 aromatic carbocycles. The number of halogens is 1. The van der Waals surface area contributed by atoms with Gasteiger partial charge in [0.05, 0.1) is 6.54 Å². The third-order valence-electron chi connectivity index (χ3n) is 2.73. The zero-order valence-corrected chi connectivity index (χ0v) is 10.4. The molecule has 1 aromatic rings. The molecule has 16 heavy (non-hydrogen) atoms. The Kier molecular flexibility index (Phi) is 3.34. The highest BCUT2D eigenvalue weighted by molar-refractivity contribution is 6.31. The van der Waals surface area contributed by atoms with E-state index in [2.05, 4.69) is 21.3 Å². The molecular weight excluding hydrogens is 222 g/mol. The maximum Gasteiger partial charge on any atom is 0.194 e. The van der Waals surface area contributed by atoms with E-state index in [0.29, 0.717) is 0 Å². The number of hydrogen-bond donors (Lipinski definition) is 1. The summed E-state index contributed by atoms with van der Waals surface area (Å²) in [5.74, 6) is 0.979. The van der Waals surface area contributed by atoms with Gasteiger partial charge in [0.25, 0.3) is 0 Å². The molecule has 0 unspecified atom stereocenters. The monoisotopic (exact) mass is 237 g/mol. The van der Waals surface area contributed by atoms with E-state index in [9.17, 15) is 0 Å². The van der Waals surface area contributed by atoms with Crippen LogP contribution in [0.4, 0.5) is 0 Å². The van der Waals surface area contributed by atoms with Gasteiger partial charge in [0.1, 0.15) is 0 Å². The number of guanidine groups is 1. The maximum absolute atomic E-state index is 5.98. The second kappa shape index (κ2) is 4.74. The Bertz CT molecular complexity index is 415. The number of nitrogens with zero attached hydrogens (tertiary/aromatic N) is 2. The van der Waals surface area contributed by atoms with Crippen LogP contribution in [0.5, 0.6) is 0 Å². The van der Waals surface area contributed by atoms with Crippen molar-refractivity contribution in [1.82, 2.24) is 10.2 Å². The Morgan fingerprint density at radius 1 is 1.50 bits per heavy atom. The molecule has 1 aliphatic heterocycles. The molecule has 2 rings (SSSR count). The smallest absolute Gasteiger partial charge is 0.194 e. The largest absolute Gasteiger partial charge is 0.352 e. The van der Waals surface area contributed by atoms with Crippen LogP contribution in [-0.2, 0) is 6.54 Å². The van der Waals surface area contributed by atoms with Crippen LogP contribution in [0.15, 0.2) is 23.2 Å². The molecule has 0 atom stereocenters. The Morgan fingerprint density at radius 3 is 2.94 bits per heavy atom. The number of hydrogen-bond acceptors (Lipinski definition) is 3. The predicted octanol–water partition coefficient (Wildman–Crippen LogP) is 2.04. The summed E-state index contributed by atoms with van der Waals surface area (Å²) in [5.41, 5.74) is 2.34. The lowest BCUT2D eigenvalue weighted by molar-refractivity contribution is 0.534. The summed E-state index contributed by atoms with van der Waals surface area (Å²) in [5, 5.41) is 4.15. The summed E-state index contributed by atoms with van der Waals surface area (Å²) >= 11 is 5.98. The predicted molar refractivity (Wildman–Crippen MR) is 68.0 cm³/mol. The van der Waals surface area contributed by atoms with Crippen LogP contribution < -0.4 is 5.32 Å². The van der Waals surface area contributed by atoms with E-state index in [0.717, 1.165) is 36.2 Å². The maximum atomic E-state index is 5.98. The van der Waals surface area contributed by atoms with Gasteiger partial charge in [0.2, 0.25) is 0 Å². The Hall–Kier alpha value is -1.22. The van der Waals surface area contributed by atoms with Crippen LogP contribution in [0.2, 0.25) is 5.02 Å². The second-order valence-corrected chi connectivity index (χ2v) is 4.47. The number of nitrogens with one attached hydrogen (secondary N) is 1. The lowest BCUT2D eigenvalue weighted by atomic mass is 10.1. The van der Waals surface area contributed by atoms with Crippen molar-refractivity contribution in [3.05, 3.63) is 34.3 Å². The van der Waals surface area contributed by atoms with Gasteiger partial charge in [0.15, 0.2) is 5.96 Å². The molecule has 86 valence electrons. The molecule has 3 nitrogen and oxygen atoms in total.